The van der Waals surface area contributed by atoms with Gasteiger partial charge in [-0.25, -0.2) is 0 Å². The topological polar surface area (TPSA) is 201 Å². The summed E-state index contributed by atoms with van der Waals surface area (Å²) in [5, 5.41) is 49.9. The van der Waals surface area contributed by atoms with Gasteiger partial charge in [-0.3, -0.25) is 0 Å². The van der Waals surface area contributed by atoms with Gasteiger partial charge in [0.05, 0.1) is 29.8 Å². The average molecular weight is 931 g/mol. The van der Waals surface area contributed by atoms with Gasteiger partial charge in [0.15, 0.2) is 0 Å². The molecule has 5 rings (SSSR count). The molecule has 0 fully saturated rings. The molecule has 0 N–H and O–H groups in total. The number of carbonyl (C=O) groups is 5. The Morgan fingerprint density at radius 2 is 0.367 bits per heavy atom. The number of rotatable bonds is 10. The van der Waals surface area contributed by atoms with Gasteiger partial charge < -0.3 is 49.5 Å². The average Bonchev–Trinajstić information content (AvgIpc) is 3.20. The van der Waals surface area contributed by atoms with E-state index in [-0.39, 0.29) is 257 Å². The number of aliphatic carboxylic acids is 5. The van der Waals surface area contributed by atoms with E-state index in [9.17, 15) is 49.5 Å². The van der Waals surface area contributed by atoms with Crippen molar-refractivity contribution in [2.75, 3.05) is 0 Å². The molecule has 0 atom stereocenters. The van der Waals surface area contributed by atoms with Gasteiger partial charge >= 0.3 is 257 Å². The zero-order valence-corrected chi connectivity index (χ0v) is 49.9. The van der Waals surface area contributed by atoms with E-state index in [1.807, 2.05) is 152 Å². The van der Waals surface area contributed by atoms with E-state index < -0.39 is 29.8 Å². The molecule has 0 heterocycles. The molecule has 0 spiro atoms. The van der Waals surface area contributed by atoms with Crippen LogP contribution >= 0.6 is 0 Å². The second-order valence-electron chi connectivity index (χ2n) is 10.3. The standard InChI is InChI=1S/5C9H8O2.5K/c5*10-9(11)7-6-8-4-2-1-3-5-8;;;;;/h5*1-7H,(H,10,11);;;;;/q;;;;;5*+1/p-5. The normalized spacial score (nSPS) is 9.33. The van der Waals surface area contributed by atoms with Crippen LogP contribution in [0.2, 0.25) is 0 Å². The molecular formula is C45H35K5O10. The first-order valence-corrected chi connectivity index (χ1v) is 16.1. The monoisotopic (exact) mass is 930 g/mol. The van der Waals surface area contributed by atoms with Crippen LogP contribution in [0.4, 0.5) is 0 Å². The number of carboxylic acids is 5. The van der Waals surface area contributed by atoms with Crippen LogP contribution in [0.5, 0.6) is 0 Å². The second-order valence-corrected chi connectivity index (χ2v) is 10.3. The van der Waals surface area contributed by atoms with Gasteiger partial charge in [0.1, 0.15) is 0 Å². The van der Waals surface area contributed by atoms with E-state index >= 15 is 0 Å². The maximum atomic E-state index is 9.97. The molecule has 280 valence electrons. The van der Waals surface area contributed by atoms with Gasteiger partial charge in [0, 0.05) is 0 Å². The van der Waals surface area contributed by atoms with Gasteiger partial charge in [0.25, 0.3) is 0 Å². The Kier molecular flexibility index (Phi) is 54.7. The fourth-order valence-electron chi connectivity index (χ4n) is 3.64. The third-order valence-electron chi connectivity index (χ3n) is 6.06. The van der Waals surface area contributed by atoms with Crippen LogP contribution in [0.25, 0.3) is 30.4 Å². The third-order valence-corrected chi connectivity index (χ3v) is 6.06. The molecule has 0 unspecified atom stereocenters. The van der Waals surface area contributed by atoms with Crippen LogP contribution in [0.15, 0.2) is 182 Å². The predicted octanol–water partition coefficient (Wildman–Crippen LogP) is -12.7. The minimum atomic E-state index is -1.17. The maximum Gasteiger partial charge on any atom is 1.00 e. The summed E-state index contributed by atoms with van der Waals surface area (Å²) in [4.78, 5) is 49.9. The summed E-state index contributed by atoms with van der Waals surface area (Å²) >= 11 is 0. The third kappa shape index (κ3) is 44.9. The van der Waals surface area contributed by atoms with Crippen molar-refractivity contribution in [1.29, 1.82) is 0 Å². The van der Waals surface area contributed by atoms with Gasteiger partial charge in [-0.05, 0) is 58.2 Å². The van der Waals surface area contributed by atoms with Crippen LogP contribution in [0.3, 0.4) is 0 Å². The predicted molar refractivity (Wildman–Crippen MR) is 202 cm³/mol. The summed E-state index contributed by atoms with van der Waals surface area (Å²) in [5.41, 5.74) is 4.29. The minimum absolute atomic E-state index is 0. The Morgan fingerprint density at radius 1 is 0.250 bits per heavy atom. The molecule has 5 aromatic rings. The van der Waals surface area contributed by atoms with Crippen LogP contribution in [0.1, 0.15) is 27.8 Å². The first-order valence-electron chi connectivity index (χ1n) is 16.1. The van der Waals surface area contributed by atoms with E-state index in [4.69, 9.17) is 0 Å². The van der Waals surface area contributed by atoms with Gasteiger partial charge in [0.2, 0.25) is 0 Å². The van der Waals surface area contributed by atoms with Crippen LogP contribution in [-0.4, -0.2) is 29.8 Å². The zero-order valence-electron chi connectivity index (χ0n) is 34.3. The van der Waals surface area contributed by atoms with E-state index in [0.29, 0.717) is 0 Å². The van der Waals surface area contributed by atoms with Crippen molar-refractivity contribution in [2.24, 2.45) is 0 Å². The molecule has 0 amide bonds. The Bertz CT molecular complexity index is 1680. The summed E-state index contributed by atoms with van der Waals surface area (Å²) in [6.45, 7) is 0. The molecule has 0 aromatic heterocycles. The van der Waals surface area contributed by atoms with Gasteiger partial charge in [-0.15, -0.1) is 0 Å². The molecule has 0 aliphatic heterocycles. The van der Waals surface area contributed by atoms with Crippen LogP contribution < -0.4 is 282 Å². The molecule has 5 aromatic carbocycles. The fourth-order valence-corrected chi connectivity index (χ4v) is 3.64. The zero-order chi connectivity index (χ0) is 40.5. The molecule has 10 nitrogen and oxygen atoms in total. The van der Waals surface area contributed by atoms with E-state index in [0.717, 1.165) is 58.2 Å². The van der Waals surface area contributed by atoms with Gasteiger partial charge in [-0.2, -0.15) is 0 Å². The van der Waals surface area contributed by atoms with E-state index in [1.54, 1.807) is 0 Å². The smallest absolute Gasteiger partial charge is 0.545 e. The number of hydrogen-bond donors (Lipinski definition) is 0. The van der Waals surface area contributed by atoms with Crippen molar-refractivity contribution in [3.8, 4) is 0 Å². The van der Waals surface area contributed by atoms with Crippen molar-refractivity contribution in [3.63, 3.8) is 0 Å². The largest absolute Gasteiger partial charge is 1.00 e. The van der Waals surface area contributed by atoms with Crippen LogP contribution in [-0.2, 0) is 24.0 Å². The number of hydrogen-bond acceptors (Lipinski definition) is 10. The number of carbonyl (C=O) groups excluding carboxylic acids is 5. The fraction of sp³-hybridized carbons (Fsp3) is 0. The van der Waals surface area contributed by atoms with Crippen molar-refractivity contribution >= 4 is 60.2 Å². The minimum Gasteiger partial charge on any atom is -0.545 e. The van der Waals surface area contributed by atoms with E-state index in [1.165, 1.54) is 30.4 Å². The summed E-state index contributed by atoms with van der Waals surface area (Å²) in [7, 11) is 0. The molecule has 0 aliphatic carbocycles. The van der Waals surface area contributed by atoms with Crippen molar-refractivity contribution in [1.82, 2.24) is 0 Å². The summed E-state index contributed by atoms with van der Waals surface area (Å²) < 4.78 is 0. The SMILES string of the molecule is O=C([O-])C=Cc1ccccc1.O=C([O-])C=Cc1ccccc1.O=C([O-])C=Cc1ccccc1.O=C([O-])C=Cc1ccccc1.O=C([O-])C=Cc1ccccc1.[K+].[K+].[K+].[K+].[K+]. The quantitative estimate of drug-likeness (QED) is 0.0958. The first-order chi connectivity index (χ1) is 26.4. The van der Waals surface area contributed by atoms with Crippen LogP contribution in [0, 0.1) is 0 Å². The number of carboxylic acid groups (broad SMARTS) is 5. The second kappa shape index (κ2) is 47.3. The summed E-state index contributed by atoms with van der Waals surface area (Å²) in [6, 6.07) is 46.0. The molecule has 0 aliphatic rings. The molecule has 0 bridgehead atoms. The van der Waals surface area contributed by atoms with Crippen molar-refractivity contribution in [3.05, 3.63) is 210 Å². The molecule has 15 heteroatoms. The maximum absolute atomic E-state index is 9.97. The summed E-state index contributed by atoms with van der Waals surface area (Å²) in [5.74, 6) is -5.86. The Morgan fingerprint density at radius 3 is 0.467 bits per heavy atom. The molecule has 0 saturated heterocycles. The molecule has 0 saturated carbocycles. The van der Waals surface area contributed by atoms with Crippen molar-refractivity contribution in [2.45, 2.75) is 0 Å². The Balaban J connectivity index is -0.000000206. The van der Waals surface area contributed by atoms with Crippen molar-refractivity contribution < 1.29 is 306 Å². The Hall–Kier alpha value is 0.332. The number of benzene rings is 5. The summed E-state index contributed by atoms with van der Waals surface area (Å²) in [6.07, 6.45) is 12.5. The molecule has 60 heavy (non-hydrogen) atoms. The molecular weight excluding hydrogens is 896 g/mol. The van der Waals surface area contributed by atoms with Gasteiger partial charge in [-0.1, -0.05) is 182 Å². The molecule has 0 radical (unpaired) electrons. The Labute approximate surface area is 563 Å². The van der Waals surface area contributed by atoms with E-state index in [2.05, 4.69) is 0 Å². The first kappa shape index (κ1) is 69.4.